The molecule has 0 radical (unpaired) electrons. The number of fused-ring (bicyclic) bond motifs is 1. The molecule has 1 aromatic carbocycles. The lowest BCUT2D eigenvalue weighted by atomic mass is 10.0. The molecule has 3 rings (SSSR count). The van der Waals surface area contributed by atoms with Crippen LogP contribution in [0.5, 0.6) is 0 Å². The van der Waals surface area contributed by atoms with Crippen molar-refractivity contribution in [3.8, 4) is 0 Å². The molecule has 0 aliphatic carbocycles. The van der Waals surface area contributed by atoms with Gasteiger partial charge < -0.3 is 16.4 Å². The second-order valence-electron chi connectivity index (χ2n) is 6.93. The standard InChI is InChI=1S/C18H26N4O4S.ClH/c19-8-6-17(23)21-12-14-3-1-2-10-22(14)27(25,26)15-5-4-13-7-9-20-18(24)16(13)11-15;/h4-5,11,14H,1-3,6-10,12,19H2,(H,20,24)(H,21,23);1H. The lowest BCUT2D eigenvalue weighted by Gasteiger charge is -2.35. The molecule has 2 amide bonds. The number of hydrogen-bond acceptors (Lipinski definition) is 5. The van der Waals surface area contributed by atoms with Crippen molar-refractivity contribution >= 4 is 34.2 Å². The van der Waals surface area contributed by atoms with Crippen LogP contribution in [0, 0.1) is 0 Å². The molecule has 0 aromatic heterocycles. The quantitative estimate of drug-likeness (QED) is 0.603. The predicted molar refractivity (Wildman–Crippen MR) is 108 cm³/mol. The minimum Gasteiger partial charge on any atom is -0.354 e. The van der Waals surface area contributed by atoms with E-state index < -0.39 is 10.0 Å². The highest BCUT2D eigenvalue weighted by atomic mass is 35.5. The Labute approximate surface area is 171 Å². The molecule has 0 spiro atoms. The Bertz CT molecular complexity index is 831. The van der Waals surface area contributed by atoms with Crippen molar-refractivity contribution in [3.05, 3.63) is 29.3 Å². The average molecular weight is 431 g/mol. The van der Waals surface area contributed by atoms with E-state index in [1.807, 2.05) is 0 Å². The summed E-state index contributed by atoms with van der Waals surface area (Å²) in [5.74, 6) is -0.414. The van der Waals surface area contributed by atoms with Crippen molar-refractivity contribution in [1.82, 2.24) is 14.9 Å². The van der Waals surface area contributed by atoms with Crippen LogP contribution in [0.25, 0.3) is 0 Å². The van der Waals surface area contributed by atoms with Gasteiger partial charge in [0.1, 0.15) is 0 Å². The highest BCUT2D eigenvalue weighted by Gasteiger charge is 2.34. The lowest BCUT2D eigenvalue weighted by Crippen LogP contribution is -2.49. The number of halogens is 1. The number of sulfonamides is 1. The van der Waals surface area contributed by atoms with Gasteiger partial charge in [0.15, 0.2) is 0 Å². The van der Waals surface area contributed by atoms with E-state index in [1.165, 1.54) is 10.4 Å². The molecule has 1 unspecified atom stereocenters. The predicted octanol–water partition coefficient (Wildman–Crippen LogP) is 0.403. The van der Waals surface area contributed by atoms with Gasteiger partial charge in [-0.15, -0.1) is 12.4 Å². The first-order valence-corrected chi connectivity index (χ1v) is 10.8. The highest BCUT2D eigenvalue weighted by Crippen LogP contribution is 2.27. The van der Waals surface area contributed by atoms with Crippen molar-refractivity contribution < 1.29 is 18.0 Å². The molecule has 1 saturated heterocycles. The van der Waals surface area contributed by atoms with E-state index >= 15 is 0 Å². The number of nitrogens with one attached hydrogen (secondary N) is 2. The van der Waals surface area contributed by atoms with Gasteiger partial charge in [-0.2, -0.15) is 4.31 Å². The van der Waals surface area contributed by atoms with Crippen molar-refractivity contribution in [2.24, 2.45) is 5.73 Å². The maximum atomic E-state index is 13.2. The van der Waals surface area contributed by atoms with Crippen LogP contribution in [0.4, 0.5) is 0 Å². The maximum absolute atomic E-state index is 13.2. The summed E-state index contributed by atoms with van der Waals surface area (Å²) in [5.41, 5.74) is 6.66. The molecule has 0 bridgehead atoms. The Hall–Kier alpha value is -1.68. The Morgan fingerprint density at radius 1 is 1.32 bits per heavy atom. The smallest absolute Gasteiger partial charge is 0.251 e. The van der Waals surface area contributed by atoms with Gasteiger partial charge in [0, 0.05) is 44.2 Å². The highest BCUT2D eigenvalue weighted by molar-refractivity contribution is 7.89. The van der Waals surface area contributed by atoms with Crippen LogP contribution in [0.2, 0.25) is 0 Å². The monoisotopic (exact) mass is 430 g/mol. The molecule has 2 aliphatic rings. The minimum absolute atomic E-state index is 0. The molecular formula is C18H27ClN4O4S. The third-order valence-corrected chi connectivity index (χ3v) is 7.04. The van der Waals surface area contributed by atoms with E-state index in [0.29, 0.717) is 31.5 Å². The van der Waals surface area contributed by atoms with Gasteiger partial charge in [-0.05, 0) is 37.0 Å². The molecule has 2 heterocycles. The maximum Gasteiger partial charge on any atom is 0.251 e. The fourth-order valence-electron chi connectivity index (χ4n) is 3.63. The first-order valence-electron chi connectivity index (χ1n) is 9.33. The van der Waals surface area contributed by atoms with Gasteiger partial charge in [0.05, 0.1) is 4.90 Å². The zero-order chi connectivity index (χ0) is 19.4. The fourth-order valence-corrected chi connectivity index (χ4v) is 5.35. The van der Waals surface area contributed by atoms with Crippen LogP contribution < -0.4 is 16.4 Å². The molecule has 1 fully saturated rings. The van der Waals surface area contributed by atoms with E-state index in [9.17, 15) is 18.0 Å². The topological polar surface area (TPSA) is 122 Å². The SMILES string of the molecule is Cl.NCCC(=O)NCC1CCCCN1S(=O)(=O)c1ccc2c(c1)C(=O)NCC2. The number of carbonyl (C=O) groups excluding carboxylic acids is 2. The van der Waals surface area contributed by atoms with Gasteiger partial charge in [-0.1, -0.05) is 12.5 Å². The van der Waals surface area contributed by atoms with Gasteiger partial charge >= 0.3 is 0 Å². The summed E-state index contributed by atoms with van der Waals surface area (Å²) in [6.07, 6.45) is 3.29. The number of amides is 2. The lowest BCUT2D eigenvalue weighted by molar-refractivity contribution is -0.121. The molecule has 4 N–H and O–H groups in total. The summed E-state index contributed by atoms with van der Waals surface area (Å²) in [6, 6.07) is 4.47. The second-order valence-corrected chi connectivity index (χ2v) is 8.82. The molecule has 156 valence electrons. The molecule has 2 aliphatic heterocycles. The molecule has 8 nitrogen and oxygen atoms in total. The summed E-state index contributed by atoms with van der Waals surface area (Å²) in [5, 5.41) is 5.52. The van der Waals surface area contributed by atoms with Crippen LogP contribution in [-0.2, 0) is 21.2 Å². The third-order valence-electron chi connectivity index (χ3n) is 5.09. The molecule has 1 aromatic rings. The first kappa shape index (κ1) is 22.6. The normalized spacial score (nSPS) is 19.9. The Morgan fingerprint density at radius 2 is 2.11 bits per heavy atom. The number of nitrogens with zero attached hydrogens (tertiary/aromatic N) is 1. The van der Waals surface area contributed by atoms with Gasteiger partial charge in [-0.3, -0.25) is 9.59 Å². The van der Waals surface area contributed by atoms with Crippen LogP contribution in [0.3, 0.4) is 0 Å². The summed E-state index contributed by atoms with van der Waals surface area (Å²) in [4.78, 5) is 23.9. The Balaban J connectivity index is 0.00000280. The number of hydrogen-bond donors (Lipinski definition) is 3. The zero-order valence-corrected chi connectivity index (χ0v) is 17.3. The van der Waals surface area contributed by atoms with Gasteiger partial charge in [0.2, 0.25) is 15.9 Å². The number of benzene rings is 1. The van der Waals surface area contributed by atoms with Crippen molar-refractivity contribution in [1.29, 1.82) is 0 Å². The summed E-state index contributed by atoms with van der Waals surface area (Å²) >= 11 is 0. The van der Waals surface area contributed by atoms with Gasteiger partial charge in [-0.25, -0.2) is 8.42 Å². The third kappa shape index (κ3) is 4.83. The van der Waals surface area contributed by atoms with E-state index in [-0.39, 0.29) is 54.7 Å². The molecule has 0 saturated carbocycles. The summed E-state index contributed by atoms with van der Waals surface area (Å²) in [6.45, 7) is 1.50. The minimum atomic E-state index is -3.75. The summed E-state index contributed by atoms with van der Waals surface area (Å²) < 4.78 is 27.9. The van der Waals surface area contributed by atoms with Crippen LogP contribution in [-0.4, -0.2) is 56.8 Å². The summed E-state index contributed by atoms with van der Waals surface area (Å²) in [7, 11) is -3.75. The second kappa shape index (κ2) is 9.69. The number of nitrogens with two attached hydrogens (primary N) is 1. The Morgan fingerprint density at radius 3 is 2.86 bits per heavy atom. The largest absolute Gasteiger partial charge is 0.354 e. The number of carbonyl (C=O) groups is 2. The fraction of sp³-hybridized carbons (Fsp3) is 0.556. The van der Waals surface area contributed by atoms with E-state index in [1.54, 1.807) is 12.1 Å². The van der Waals surface area contributed by atoms with Crippen molar-refractivity contribution in [3.63, 3.8) is 0 Å². The van der Waals surface area contributed by atoms with E-state index in [0.717, 1.165) is 18.4 Å². The molecular weight excluding hydrogens is 404 g/mol. The molecule has 28 heavy (non-hydrogen) atoms. The Kier molecular flexibility index (Phi) is 7.82. The van der Waals surface area contributed by atoms with Crippen molar-refractivity contribution in [2.75, 3.05) is 26.2 Å². The van der Waals surface area contributed by atoms with Crippen LogP contribution in [0.1, 0.15) is 41.6 Å². The van der Waals surface area contributed by atoms with E-state index in [4.69, 9.17) is 5.73 Å². The first-order chi connectivity index (χ1) is 12.9. The zero-order valence-electron chi connectivity index (χ0n) is 15.6. The van der Waals surface area contributed by atoms with Crippen molar-refractivity contribution in [2.45, 2.75) is 43.0 Å². The van der Waals surface area contributed by atoms with Crippen LogP contribution in [0.15, 0.2) is 23.1 Å². The van der Waals surface area contributed by atoms with Crippen LogP contribution >= 0.6 is 12.4 Å². The van der Waals surface area contributed by atoms with E-state index in [2.05, 4.69) is 10.6 Å². The molecule has 10 heteroatoms. The number of piperidine rings is 1. The average Bonchev–Trinajstić information content (AvgIpc) is 2.67. The van der Waals surface area contributed by atoms with Gasteiger partial charge in [0.25, 0.3) is 5.91 Å². The molecule has 1 atom stereocenters. The number of rotatable bonds is 6.